The van der Waals surface area contributed by atoms with Crippen LogP contribution in [0.3, 0.4) is 0 Å². The van der Waals surface area contributed by atoms with Gasteiger partial charge in [0.2, 0.25) is 5.91 Å². The van der Waals surface area contributed by atoms with E-state index in [1.807, 2.05) is 41.5 Å². The first kappa shape index (κ1) is 33.9. The van der Waals surface area contributed by atoms with Gasteiger partial charge in [-0.15, -0.1) is 0 Å². The SMILES string of the molecule is C[C@@H]1COCCN1C[C@H]1CN(C(=O)OC(C)(C)C)[C@H](C)CN1CC(=O)N1CC(C)(C)c2c1cc(C(=O)c1ccc(F)cc1)c1ncnn21. The zero-order chi connectivity index (χ0) is 34.5. The third kappa shape index (κ3) is 6.68. The minimum absolute atomic E-state index is 0.112. The first-order chi connectivity index (χ1) is 22.6. The zero-order valence-electron chi connectivity index (χ0n) is 28.9. The van der Waals surface area contributed by atoms with E-state index in [4.69, 9.17) is 9.47 Å². The van der Waals surface area contributed by atoms with Crippen LogP contribution in [0.15, 0.2) is 36.7 Å². The van der Waals surface area contributed by atoms with Gasteiger partial charge in [-0.05, 0) is 65.0 Å². The van der Waals surface area contributed by atoms with Gasteiger partial charge in [-0.25, -0.2) is 18.7 Å². The van der Waals surface area contributed by atoms with Crippen molar-refractivity contribution in [1.82, 2.24) is 29.3 Å². The highest BCUT2D eigenvalue weighted by molar-refractivity contribution is 6.13. The second-order valence-corrected chi connectivity index (χ2v) is 15.0. The molecule has 2 saturated heterocycles. The zero-order valence-corrected chi connectivity index (χ0v) is 28.9. The molecule has 0 spiro atoms. The van der Waals surface area contributed by atoms with Gasteiger partial charge in [0.25, 0.3) is 0 Å². The lowest BCUT2D eigenvalue weighted by molar-refractivity contribution is -0.121. The summed E-state index contributed by atoms with van der Waals surface area (Å²) in [5, 5.41) is 4.47. The van der Waals surface area contributed by atoms with Crippen LogP contribution in [0.25, 0.3) is 5.65 Å². The number of fused-ring (bicyclic) bond motifs is 3. The van der Waals surface area contributed by atoms with Crippen molar-refractivity contribution >= 4 is 29.1 Å². The highest BCUT2D eigenvalue weighted by atomic mass is 19.1. The Morgan fingerprint density at radius 2 is 1.79 bits per heavy atom. The quantitative estimate of drug-likeness (QED) is 0.364. The molecule has 6 rings (SSSR count). The summed E-state index contributed by atoms with van der Waals surface area (Å²) in [5.41, 5.74) is 1.27. The molecule has 1 aromatic carbocycles. The molecule has 13 heteroatoms. The molecule has 3 aliphatic heterocycles. The highest BCUT2D eigenvalue weighted by Gasteiger charge is 2.44. The van der Waals surface area contributed by atoms with Gasteiger partial charge >= 0.3 is 6.09 Å². The summed E-state index contributed by atoms with van der Waals surface area (Å²) in [4.78, 5) is 53.9. The summed E-state index contributed by atoms with van der Waals surface area (Å²) in [5.74, 6) is -0.881. The largest absolute Gasteiger partial charge is 0.444 e. The normalized spacial score (nSPS) is 23.4. The van der Waals surface area contributed by atoms with Gasteiger partial charge in [0.15, 0.2) is 11.4 Å². The Kier molecular flexibility index (Phi) is 9.07. The van der Waals surface area contributed by atoms with Crippen LogP contribution in [0, 0.1) is 5.82 Å². The van der Waals surface area contributed by atoms with E-state index in [1.165, 1.54) is 30.6 Å². The number of pyridine rings is 1. The molecular formula is C35H46FN7O5. The summed E-state index contributed by atoms with van der Waals surface area (Å²) in [7, 11) is 0. The van der Waals surface area contributed by atoms with Crippen molar-refractivity contribution in [2.75, 3.05) is 57.4 Å². The summed E-state index contributed by atoms with van der Waals surface area (Å²) < 4.78 is 26.8. The number of ketones is 1. The Morgan fingerprint density at radius 3 is 2.48 bits per heavy atom. The van der Waals surface area contributed by atoms with Crippen LogP contribution in [0.5, 0.6) is 0 Å². The lowest BCUT2D eigenvalue weighted by Crippen LogP contribution is -2.64. The molecule has 2 amide bonds. The van der Waals surface area contributed by atoms with E-state index in [1.54, 1.807) is 20.4 Å². The molecule has 12 nitrogen and oxygen atoms in total. The Labute approximate surface area is 280 Å². The van der Waals surface area contributed by atoms with Crippen LogP contribution in [0.1, 0.15) is 70.1 Å². The first-order valence-electron chi connectivity index (χ1n) is 16.7. The van der Waals surface area contributed by atoms with Crippen molar-refractivity contribution in [2.45, 2.75) is 77.6 Å². The molecule has 2 aromatic heterocycles. The fourth-order valence-corrected chi connectivity index (χ4v) is 7.12. The summed E-state index contributed by atoms with van der Waals surface area (Å²) in [6, 6.07) is 7.02. The van der Waals surface area contributed by atoms with Crippen LogP contribution in [-0.2, 0) is 19.7 Å². The Balaban J connectivity index is 1.30. The molecule has 48 heavy (non-hydrogen) atoms. The van der Waals surface area contributed by atoms with Crippen molar-refractivity contribution in [3.63, 3.8) is 0 Å². The number of nitrogens with zero attached hydrogens (tertiary/aromatic N) is 7. The molecule has 2 fully saturated rings. The number of halogens is 1. The number of benzene rings is 1. The molecule has 3 aliphatic rings. The Morgan fingerprint density at radius 1 is 1.06 bits per heavy atom. The number of rotatable bonds is 6. The molecule has 0 aliphatic carbocycles. The first-order valence-corrected chi connectivity index (χ1v) is 16.7. The lowest BCUT2D eigenvalue weighted by Gasteiger charge is -2.47. The predicted molar refractivity (Wildman–Crippen MR) is 178 cm³/mol. The van der Waals surface area contributed by atoms with Crippen LogP contribution >= 0.6 is 0 Å². The second kappa shape index (κ2) is 12.8. The maximum absolute atomic E-state index is 14.4. The lowest BCUT2D eigenvalue weighted by atomic mass is 9.90. The highest BCUT2D eigenvalue weighted by Crippen LogP contribution is 2.42. The fraction of sp³-hybridized carbons (Fsp3) is 0.571. The van der Waals surface area contributed by atoms with Gasteiger partial charge in [-0.3, -0.25) is 19.4 Å². The number of morpholine rings is 1. The molecule has 0 N–H and O–H groups in total. The number of carbonyl (C=O) groups is 3. The second-order valence-electron chi connectivity index (χ2n) is 15.0. The third-order valence-corrected chi connectivity index (χ3v) is 9.53. The average Bonchev–Trinajstić information content (AvgIpc) is 3.60. The number of amides is 2. The molecule has 0 radical (unpaired) electrons. The summed E-state index contributed by atoms with van der Waals surface area (Å²) in [6.45, 7) is 17.9. The smallest absolute Gasteiger partial charge is 0.410 e. The van der Waals surface area contributed by atoms with Crippen LogP contribution in [0.4, 0.5) is 14.9 Å². The van der Waals surface area contributed by atoms with E-state index in [0.29, 0.717) is 56.3 Å². The minimum Gasteiger partial charge on any atom is -0.444 e. The molecule has 258 valence electrons. The Hall–Kier alpha value is -3.94. The number of piperazine rings is 1. The summed E-state index contributed by atoms with van der Waals surface area (Å²) >= 11 is 0. The van der Waals surface area contributed by atoms with E-state index in [-0.39, 0.29) is 48.0 Å². The van der Waals surface area contributed by atoms with Crippen LogP contribution in [0.2, 0.25) is 0 Å². The molecule has 0 unspecified atom stereocenters. The van der Waals surface area contributed by atoms with Gasteiger partial charge in [0, 0.05) is 61.8 Å². The number of carbonyl (C=O) groups excluding carboxylic acids is 3. The topological polar surface area (TPSA) is 113 Å². The van der Waals surface area contributed by atoms with Gasteiger partial charge in [-0.1, -0.05) is 13.8 Å². The van der Waals surface area contributed by atoms with Crippen LogP contribution in [-0.4, -0.2) is 123 Å². The average molecular weight is 664 g/mol. The summed E-state index contributed by atoms with van der Waals surface area (Å²) in [6.07, 6.45) is 1.05. The van der Waals surface area contributed by atoms with Crippen LogP contribution < -0.4 is 4.90 Å². The number of aromatic nitrogens is 3. The van der Waals surface area contributed by atoms with Crippen molar-refractivity contribution in [2.24, 2.45) is 0 Å². The van der Waals surface area contributed by atoms with Crippen molar-refractivity contribution < 1.29 is 28.2 Å². The van der Waals surface area contributed by atoms with E-state index in [9.17, 15) is 18.8 Å². The van der Waals surface area contributed by atoms with Gasteiger partial charge < -0.3 is 19.3 Å². The number of hydrogen-bond acceptors (Lipinski definition) is 9. The van der Waals surface area contributed by atoms with E-state index in [0.717, 1.165) is 12.2 Å². The monoisotopic (exact) mass is 663 g/mol. The van der Waals surface area contributed by atoms with Gasteiger partial charge in [-0.2, -0.15) is 5.10 Å². The fourth-order valence-electron chi connectivity index (χ4n) is 7.12. The predicted octanol–water partition coefficient (Wildman–Crippen LogP) is 3.75. The number of anilines is 1. The molecule has 0 saturated carbocycles. The maximum atomic E-state index is 14.4. The van der Waals surface area contributed by atoms with E-state index < -0.39 is 16.8 Å². The number of hydrogen-bond donors (Lipinski definition) is 0. The molecule has 3 atom stereocenters. The maximum Gasteiger partial charge on any atom is 0.410 e. The molecule has 3 aromatic rings. The van der Waals surface area contributed by atoms with Gasteiger partial charge in [0.1, 0.15) is 17.7 Å². The number of ether oxygens (including phenoxy) is 2. The van der Waals surface area contributed by atoms with Gasteiger partial charge in [0.05, 0.1) is 36.7 Å². The van der Waals surface area contributed by atoms with E-state index in [2.05, 4.69) is 26.8 Å². The molecular weight excluding hydrogens is 617 g/mol. The molecule has 0 bridgehead atoms. The molecule has 5 heterocycles. The van der Waals surface area contributed by atoms with Crippen molar-refractivity contribution in [3.8, 4) is 0 Å². The Bertz CT molecular complexity index is 1700. The standard InChI is InChI=1S/C35H46FN7O5/c1-22-15-40(26(16-39-12-13-47-19-23(39)2)17-41(22)33(46)48-34(3,4)5)18-29(44)42-20-35(6,7)31-28(42)14-27(32-37-21-38-43(31)32)30(45)24-8-10-25(36)11-9-24/h8-11,14,21-23,26H,12-13,15-20H2,1-7H3/t22-,23-,26+/m1/s1. The minimum atomic E-state index is -0.624. The van der Waals surface area contributed by atoms with E-state index >= 15 is 0 Å². The third-order valence-electron chi connectivity index (χ3n) is 9.53. The van der Waals surface area contributed by atoms with Crippen molar-refractivity contribution in [3.05, 3.63) is 59.3 Å². The van der Waals surface area contributed by atoms with Crippen molar-refractivity contribution in [1.29, 1.82) is 0 Å².